The third-order valence-corrected chi connectivity index (χ3v) is 6.76. The molecule has 2 aliphatic heterocycles. The van der Waals surface area contributed by atoms with E-state index in [4.69, 9.17) is 30.4 Å². The molecule has 0 aromatic carbocycles. The Morgan fingerprint density at radius 2 is 1.50 bits per heavy atom. The number of nitrogens with two attached hydrogens (primary N) is 2. The Bertz CT molecular complexity index is 838. The molecule has 2 amide bonds. The van der Waals surface area contributed by atoms with Crippen LogP contribution in [0.1, 0.15) is 13.8 Å². The molecule has 14 atom stereocenters. The van der Waals surface area contributed by atoms with E-state index in [1.54, 1.807) is 0 Å². The summed E-state index contributed by atoms with van der Waals surface area (Å²) in [5.41, 5.74) is 11.4. The summed E-state index contributed by atoms with van der Waals surface area (Å²) >= 11 is 0. The number of amides is 2. The van der Waals surface area contributed by atoms with Gasteiger partial charge in [0.25, 0.3) is 0 Å². The molecule has 2 fully saturated rings. The van der Waals surface area contributed by atoms with Crippen LogP contribution in [0.25, 0.3) is 0 Å². The fourth-order valence-electron chi connectivity index (χ4n) is 4.59. The highest BCUT2D eigenvalue weighted by molar-refractivity contribution is 5.93. The zero-order valence-corrected chi connectivity index (χ0v) is 21.8. The molecule has 18 heteroatoms. The Morgan fingerprint density at radius 3 is 1.98 bits per heavy atom. The highest BCUT2D eigenvalue weighted by Crippen LogP contribution is 2.32. The highest BCUT2D eigenvalue weighted by atomic mass is 16.7. The summed E-state index contributed by atoms with van der Waals surface area (Å²) in [5.74, 6) is -1.83. The Labute approximate surface area is 228 Å². The summed E-state index contributed by atoms with van der Waals surface area (Å²) in [6.45, 7) is -0.698. The second kappa shape index (κ2) is 14.9. The number of ether oxygens (including phenoxy) is 4. The van der Waals surface area contributed by atoms with Gasteiger partial charge in [-0.05, 0) is 0 Å². The number of hydrogen-bond donors (Lipinski definition) is 10. The second-order valence-corrected chi connectivity index (χ2v) is 9.55. The van der Waals surface area contributed by atoms with Crippen LogP contribution in [0.15, 0.2) is 0 Å². The lowest BCUT2D eigenvalue weighted by molar-refractivity contribution is -0.345. The number of carbonyl (C=O) groups excluding carboxylic acids is 3. The minimum atomic E-state index is -1.96. The summed E-state index contributed by atoms with van der Waals surface area (Å²) in [7, 11) is 0. The largest absolute Gasteiger partial charge is 0.394 e. The molecule has 2 aliphatic rings. The molecule has 0 spiro atoms. The number of nitrogens with zero attached hydrogens (tertiary/aromatic N) is 1. The van der Waals surface area contributed by atoms with E-state index in [9.17, 15) is 55.2 Å². The van der Waals surface area contributed by atoms with Gasteiger partial charge in [-0.25, -0.2) is 0 Å². The van der Waals surface area contributed by atoms with Crippen LogP contribution in [-0.2, 0) is 33.3 Å². The van der Waals surface area contributed by atoms with E-state index in [1.165, 1.54) is 0 Å². The van der Waals surface area contributed by atoms with Crippen molar-refractivity contribution in [3.05, 3.63) is 0 Å². The van der Waals surface area contributed by atoms with E-state index in [1.807, 2.05) is 0 Å². The van der Waals surface area contributed by atoms with Gasteiger partial charge >= 0.3 is 0 Å². The monoisotopic (exact) mass is 585 g/mol. The Morgan fingerprint density at radius 1 is 0.950 bits per heavy atom. The molecule has 2 rings (SSSR count). The van der Waals surface area contributed by atoms with E-state index in [0.717, 1.165) is 13.8 Å². The van der Waals surface area contributed by atoms with Crippen LogP contribution >= 0.6 is 0 Å². The zero-order valence-electron chi connectivity index (χ0n) is 21.8. The lowest BCUT2D eigenvalue weighted by Gasteiger charge is -2.50. The van der Waals surface area contributed by atoms with Gasteiger partial charge in [0.15, 0.2) is 12.6 Å². The van der Waals surface area contributed by atoms with Gasteiger partial charge < -0.3 is 76.1 Å². The average Bonchev–Trinajstić information content (AvgIpc) is 2.92. The summed E-state index contributed by atoms with van der Waals surface area (Å²) in [5, 5.41) is 81.3. The van der Waals surface area contributed by atoms with Crippen molar-refractivity contribution < 1.29 is 74.2 Å². The van der Waals surface area contributed by atoms with Gasteiger partial charge in [0, 0.05) is 13.8 Å². The number of imide groups is 1. The molecular weight excluding hydrogens is 546 g/mol. The average molecular weight is 586 g/mol. The quantitative estimate of drug-likeness (QED) is 0.0951. The molecule has 2 heterocycles. The van der Waals surface area contributed by atoms with Crippen molar-refractivity contribution in [1.82, 2.24) is 4.90 Å². The highest BCUT2D eigenvalue weighted by Gasteiger charge is 2.54. The van der Waals surface area contributed by atoms with Crippen LogP contribution in [0.2, 0.25) is 0 Å². The minimum absolute atomic E-state index is 0.134. The Hall–Kier alpha value is -1.75. The van der Waals surface area contributed by atoms with Crippen molar-refractivity contribution in [2.45, 2.75) is 99.5 Å². The van der Waals surface area contributed by atoms with Crippen LogP contribution < -0.4 is 11.5 Å². The molecule has 40 heavy (non-hydrogen) atoms. The standard InChI is InChI=1S/C22H39N3O15/c1-7(30)25(8(2)31)14-18(36)20(40-21-13(24)17(35)16(34)11(5-28)37-21)12(6-29)38-22(14)39-19(10(32)4-27)15(33)9(23)3-26/h3,9-22,27-29,32-36H,4-6,23-24H2,1-2H3/t9-,10+,11+,12+,13+,14+,15+,16+,17+,18+,19+,20+,21-,22-/m0/s1. The lowest BCUT2D eigenvalue weighted by Crippen LogP contribution is -2.70. The summed E-state index contributed by atoms with van der Waals surface area (Å²) < 4.78 is 22.4. The number of aldehydes is 1. The molecule has 0 unspecified atom stereocenters. The van der Waals surface area contributed by atoms with Crippen molar-refractivity contribution in [3.63, 3.8) is 0 Å². The van der Waals surface area contributed by atoms with Gasteiger partial charge in [-0.15, -0.1) is 0 Å². The first-order valence-corrected chi connectivity index (χ1v) is 12.4. The third kappa shape index (κ3) is 7.36. The van der Waals surface area contributed by atoms with Crippen molar-refractivity contribution in [2.75, 3.05) is 19.8 Å². The Kier molecular flexibility index (Phi) is 12.9. The van der Waals surface area contributed by atoms with Crippen LogP contribution in [0.3, 0.4) is 0 Å². The fourth-order valence-corrected chi connectivity index (χ4v) is 4.59. The topological polar surface area (TPSA) is 305 Å². The van der Waals surface area contributed by atoms with Gasteiger partial charge in [0.2, 0.25) is 11.8 Å². The van der Waals surface area contributed by atoms with E-state index in [0.29, 0.717) is 4.90 Å². The maximum Gasteiger partial charge on any atom is 0.226 e. The maximum atomic E-state index is 12.5. The first kappa shape index (κ1) is 34.5. The first-order valence-electron chi connectivity index (χ1n) is 12.4. The molecule has 12 N–H and O–H groups in total. The van der Waals surface area contributed by atoms with E-state index in [2.05, 4.69) is 0 Å². The zero-order chi connectivity index (χ0) is 30.5. The molecule has 0 aliphatic carbocycles. The van der Waals surface area contributed by atoms with Crippen LogP contribution in [0.4, 0.5) is 0 Å². The van der Waals surface area contributed by atoms with Gasteiger partial charge in [0.1, 0.15) is 67.3 Å². The fraction of sp³-hybridized carbons (Fsp3) is 0.864. The van der Waals surface area contributed by atoms with E-state index in [-0.39, 0.29) is 6.29 Å². The molecule has 0 bridgehead atoms. The van der Waals surface area contributed by atoms with Crippen molar-refractivity contribution >= 4 is 18.1 Å². The molecule has 0 aromatic heterocycles. The molecule has 2 saturated heterocycles. The van der Waals surface area contributed by atoms with Crippen molar-refractivity contribution in [2.24, 2.45) is 11.5 Å². The van der Waals surface area contributed by atoms with Crippen LogP contribution in [0, 0.1) is 0 Å². The van der Waals surface area contributed by atoms with Gasteiger partial charge in [0.05, 0.1) is 31.9 Å². The van der Waals surface area contributed by atoms with Crippen LogP contribution in [0.5, 0.6) is 0 Å². The number of hydrogen-bond acceptors (Lipinski definition) is 17. The minimum Gasteiger partial charge on any atom is -0.394 e. The van der Waals surface area contributed by atoms with Gasteiger partial charge in [-0.3, -0.25) is 14.5 Å². The summed E-state index contributed by atoms with van der Waals surface area (Å²) in [4.78, 5) is 36.6. The number of aliphatic hydroxyl groups is 8. The predicted molar refractivity (Wildman–Crippen MR) is 127 cm³/mol. The van der Waals surface area contributed by atoms with Gasteiger partial charge in [-0.1, -0.05) is 0 Å². The number of carbonyl (C=O) groups is 3. The first-order chi connectivity index (χ1) is 18.7. The third-order valence-electron chi connectivity index (χ3n) is 6.76. The van der Waals surface area contributed by atoms with Gasteiger partial charge in [-0.2, -0.15) is 0 Å². The van der Waals surface area contributed by atoms with Crippen molar-refractivity contribution in [3.8, 4) is 0 Å². The SMILES string of the molecule is CC(=O)N(C(C)=O)[C@H]1[C@H](O[C@@H]([C@H](O)[C@@H](N)C=O)[C@H](O)CO)O[C@H](CO)[C@@H](O[C@@H]2O[C@H](CO)[C@@H](O)[C@H](O)[C@H]2N)[C@@H]1O. The maximum absolute atomic E-state index is 12.5. The molecule has 18 nitrogen and oxygen atoms in total. The van der Waals surface area contributed by atoms with E-state index < -0.39 is 117 Å². The molecule has 0 radical (unpaired) electrons. The summed E-state index contributed by atoms with van der Waals surface area (Å²) in [6.07, 6.45) is -18.8. The molecular formula is C22H39N3O15. The molecule has 232 valence electrons. The molecule has 0 saturated carbocycles. The Balaban J connectivity index is 2.49. The normalized spacial score (nSPS) is 37.7. The number of aliphatic hydroxyl groups excluding tert-OH is 8. The lowest BCUT2D eigenvalue weighted by atomic mass is 9.93. The van der Waals surface area contributed by atoms with Crippen molar-refractivity contribution in [1.29, 1.82) is 0 Å². The smallest absolute Gasteiger partial charge is 0.226 e. The predicted octanol–water partition coefficient (Wildman–Crippen LogP) is -7.39. The summed E-state index contributed by atoms with van der Waals surface area (Å²) in [6, 6.07) is -4.84. The van der Waals surface area contributed by atoms with Crippen LogP contribution in [-0.4, -0.2) is 169 Å². The molecule has 0 aromatic rings. The number of rotatable bonds is 12. The van der Waals surface area contributed by atoms with E-state index >= 15 is 0 Å². The second-order valence-electron chi connectivity index (χ2n) is 9.55.